The summed E-state index contributed by atoms with van der Waals surface area (Å²) in [6.45, 7) is 12.2. The zero-order valence-electron chi connectivity index (χ0n) is 20.4. The molecule has 35 heavy (non-hydrogen) atoms. The number of aromatic nitrogens is 3. The third kappa shape index (κ3) is 6.38. The lowest BCUT2D eigenvalue weighted by molar-refractivity contribution is 0.0954. The number of pyridine rings is 1. The van der Waals surface area contributed by atoms with Crippen molar-refractivity contribution in [2.24, 2.45) is 0 Å². The van der Waals surface area contributed by atoms with Crippen LogP contribution in [0.25, 0.3) is 22.2 Å². The number of carbonyl (C=O) groups excluding carboxylic acids is 1. The van der Waals surface area contributed by atoms with Gasteiger partial charge in [0.05, 0.1) is 29.5 Å². The molecule has 0 aliphatic rings. The Labute approximate surface area is 206 Å². The Kier molecular flexibility index (Phi) is 8.84. The summed E-state index contributed by atoms with van der Waals surface area (Å²) in [5.74, 6) is 0.324. The highest BCUT2D eigenvalue weighted by Crippen LogP contribution is 2.28. The van der Waals surface area contributed by atoms with Gasteiger partial charge in [0.25, 0.3) is 5.91 Å². The summed E-state index contributed by atoms with van der Waals surface area (Å²) >= 11 is 0. The molecule has 0 aliphatic heterocycles. The fraction of sp³-hybridized carbons (Fsp3) is 0.172. The molecule has 178 valence electrons. The highest BCUT2D eigenvalue weighted by atomic mass is 16.5. The molecule has 0 spiro atoms. The third-order valence-corrected chi connectivity index (χ3v) is 5.35. The van der Waals surface area contributed by atoms with E-state index in [1.54, 1.807) is 43.8 Å². The van der Waals surface area contributed by atoms with Crippen molar-refractivity contribution >= 4 is 28.1 Å². The largest absolute Gasteiger partial charge is 0.497 e. The third-order valence-electron chi connectivity index (χ3n) is 5.35. The minimum atomic E-state index is -0.161. The van der Waals surface area contributed by atoms with Crippen molar-refractivity contribution in [1.29, 1.82) is 0 Å². The lowest BCUT2D eigenvalue weighted by Crippen LogP contribution is -2.25. The quantitative estimate of drug-likeness (QED) is 0.306. The molecule has 3 rings (SSSR count). The topological polar surface area (TPSA) is 77.0 Å². The lowest BCUT2D eigenvalue weighted by atomic mass is 10.0. The molecule has 6 heteroatoms. The zero-order chi connectivity index (χ0) is 25.2. The molecule has 1 N–H and O–H groups in total. The predicted molar refractivity (Wildman–Crippen MR) is 143 cm³/mol. The molecule has 0 unspecified atom stereocenters. The van der Waals surface area contributed by atoms with E-state index < -0.39 is 0 Å². The van der Waals surface area contributed by atoms with Gasteiger partial charge in [-0.1, -0.05) is 43.5 Å². The number of nitrogens with zero attached hydrogens (tertiary/aromatic N) is 3. The highest BCUT2D eigenvalue weighted by molar-refractivity contribution is 5.98. The fourth-order valence-electron chi connectivity index (χ4n) is 3.51. The summed E-state index contributed by atoms with van der Waals surface area (Å²) < 4.78 is 5.22. The molecule has 0 bridgehead atoms. The lowest BCUT2D eigenvalue weighted by Gasteiger charge is -2.13. The molecule has 2 heterocycles. The average Bonchev–Trinajstić information content (AvgIpc) is 2.89. The van der Waals surface area contributed by atoms with Crippen molar-refractivity contribution in [3.05, 3.63) is 115 Å². The van der Waals surface area contributed by atoms with Crippen LogP contribution in [0.5, 0.6) is 0 Å². The van der Waals surface area contributed by atoms with E-state index in [1.165, 1.54) is 0 Å². The molecule has 0 saturated heterocycles. The molecule has 0 aliphatic carbocycles. The summed E-state index contributed by atoms with van der Waals surface area (Å²) in [6, 6.07) is 9.21. The number of rotatable bonds is 10. The molecule has 0 fully saturated rings. The highest BCUT2D eigenvalue weighted by Gasteiger charge is 2.16. The Morgan fingerprint density at radius 3 is 2.54 bits per heavy atom. The maximum absolute atomic E-state index is 12.8. The second-order valence-electron chi connectivity index (χ2n) is 7.71. The van der Waals surface area contributed by atoms with Crippen LogP contribution in [0, 0.1) is 0 Å². The standard InChI is InChI=1S/C29H30N4O2/c1-6-10-22(7-2)27-28(23(8-3)17-20(4)35-5)32-25-13-12-24(18-26(25)33-27)29(34)31-16-14-21-11-9-15-30-19-21/h6-13,15,17-19H,3-4,14,16H2,1-2,5H3,(H,31,34). The van der Waals surface area contributed by atoms with Crippen LogP contribution in [0.1, 0.15) is 41.2 Å². The normalized spacial score (nSPS) is 12.1. The van der Waals surface area contributed by atoms with E-state index in [-0.39, 0.29) is 5.91 Å². The predicted octanol–water partition coefficient (Wildman–Crippen LogP) is 5.71. The van der Waals surface area contributed by atoms with Crippen LogP contribution in [0.2, 0.25) is 0 Å². The summed E-state index contributed by atoms with van der Waals surface area (Å²) in [5.41, 5.74) is 5.87. The Balaban J connectivity index is 1.99. The molecule has 1 amide bonds. The number of fused-ring (bicyclic) bond motifs is 1. The van der Waals surface area contributed by atoms with E-state index in [9.17, 15) is 4.79 Å². The van der Waals surface area contributed by atoms with Gasteiger partial charge >= 0.3 is 0 Å². The van der Waals surface area contributed by atoms with Gasteiger partial charge in [0.15, 0.2) is 0 Å². The number of amides is 1. The van der Waals surface area contributed by atoms with Crippen molar-refractivity contribution < 1.29 is 9.53 Å². The first-order valence-corrected chi connectivity index (χ1v) is 11.4. The number of benzene rings is 1. The van der Waals surface area contributed by atoms with Crippen molar-refractivity contribution in [3.63, 3.8) is 0 Å². The van der Waals surface area contributed by atoms with E-state index in [0.29, 0.717) is 46.7 Å². The van der Waals surface area contributed by atoms with Gasteiger partial charge in [0, 0.05) is 30.1 Å². The van der Waals surface area contributed by atoms with Crippen molar-refractivity contribution in [1.82, 2.24) is 20.3 Å². The van der Waals surface area contributed by atoms with Gasteiger partial charge in [-0.3, -0.25) is 9.78 Å². The number of hydrogen-bond donors (Lipinski definition) is 1. The number of allylic oxidation sites excluding steroid dienone is 7. The number of hydrogen-bond acceptors (Lipinski definition) is 5. The van der Waals surface area contributed by atoms with Crippen LogP contribution in [0.15, 0.2) is 92.0 Å². The molecule has 1 aromatic carbocycles. The molecule has 2 aromatic heterocycles. The molecular weight excluding hydrogens is 436 g/mol. The van der Waals surface area contributed by atoms with E-state index in [2.05, 4.69) is 23.5 Å². The minimum absolute atomic E-state index is 0.161. The zero-order valence-corrected chi connectivity index (χ0v) is 20.4. The van der Waals surface area contributed by atoms with Gasteiger partial charge in [-0.15, -0.1) is 0 Å². The maximum atomic E-state index is 12.8. The van der Waals surface area contributed by atoms with Gasteiger partial charge in [-0.25, -0.2) is 9.97 Å². The van der Waals surface area contributed by atoms with Crippen LogP contribution in [-0.4, -0.2) is 34.5 Å². The average molecular weight is 467 g/mol. The summed E-state index contributed by atoms with van der Waals surface area (Å²) in [4.78, 5) is 26.7. The Morgan fingerprint density at radius 2 is 1.89 bits per heavy atom. The first-order chi connectivity index (χ1) is 17.0. The van der Waals surface area contributed by atoms with E-state index >= 15 is 0 Å². The summed E-state index contributed by atoms with van der Waals surface area (Å²) in [5, 5.41) is 2.96. The Morgan fingerprint density at radius 1 is 1.11 bits per heavy atom. The molecule has 0 saturated carbocycles. The molecule has 0 atom stereocenters. The first-order valence-electron chi connectivity index (χ1n) is 11.4. The van der Waals surface area contributed by atoms with Gasteiger partial charge in [-0.05, 0) is 61.7 Å². The van der Waals surface area contributed by atoms with Gasteiger partial charge in [0.2, 0.25) is 0 Å². The van der Waals surface area contributed by atoms with Gasteiger partial charge < -0.3 is 10.1 Å². The molecule has 6 nitrogen and oxygen atoms in total. The second kappa shape index (κ2) is 12.2. The van der Waals surface area contributed by atoms with Gasteiger partial charge in [0.1, 0.15) is 5.76 Å². The summed E-state index contributed by atoms with van der Waals surface area (Å²) in [6.07, 6.45) is 13.6. The first kappa shape index (κ1) is 25.3. The monoisotopic (exact) mass is 466 g/mol. The smallest absolute Gasteiger partial charge is 0.251 e. The second-order valence-corrected chi connectivity index (χ2v) is 7.71. The van der Waals surface area contributed by atoms with Crippen molar-refractivity contribution in [2.45, 2.75) is 20.3 Å². The number of nitrogens with one attached hydrogen (secondary N) is 1. The van der Waals surface area contributed by atoms with Crippen LogP contribution >= 0.6 is 0 Å². The van der Waals surface area contributed by atoms with Gasteiger partial charge in [-0.2, -0.15) is 0 Å². The minimum Gasteiger partial charge on any atom is -0.497 e. The van der Waals surface area contributed by atoms with Crippen LogP contribution in [-0.2, 0) is 11.2 Å². The fourth-order valence-corrected chi connectivity index (χ4v) is 3.51. The van der Waals surface area contributed by atoms with Crippen LogP contribution in [0.3, 0.4) is 0 Å². The molecule has 0 radical (unpaired) electrons. The SMILES string of the molecule is C=CC(=CC(=C)OC)c1nc2ccc(C(=O)NCCc3cccnc3)cc2nc1C(C=CC)=CC. The van der Waals surface area contributed by atoms with E-state index in [4.69, 9.17) is 14.7 Å². The van der Waals surface area contributed by atoms with Crippen LogP contribution < -0.4 is 5.32 Å². The van der Waals surface area contributed by atoms with E-state index in [1.807, 2.05) is 50.3 Å². The number of ether oxygens (including phenoxy) is 1. The molecular formula is C29H30N4O2. The number of methoxy groups -OCH3 is 1. The van der Waals surface area contributed by atoms with Crippen molar-refractivity contribution in [3.8, 4) is 0 Å². The Hall–Kier alpha value is -4.32. The molecule has 3 aromatic rings. The van der Waals surface area contributed by atoms with Crippen molar-refractivity contribution in [2.75, 3.05) is 13.7 Å². The Bertz CT molecular complexity index is 1320. The summed E-state index contributed by atoms with van der Waals surface area (Å²) in [7, 11) is 1.56. The van der Waals surface area contributed by atoms with E-state index in [0.717, 1.165) is 16.7 Å². The maximum Gasteiger partial charge on any atom is 0.251 e. The van der Waals surface area contributed by atoms with Crippen LogP contribution in [0.4, 0.5) is 0 Å². The number of carbonyl (C=O) groups is 1.